The van der Waals surface area contributed by atoms with Gasteiger partial charge in [-0.25, -0.2) is 4.79 Å². The Morgan fingerprint density at radius 2 is 2.06 bits per heavy atom. The van der Waals surface area contributed by atoms with Gasteiger partial charge in [0.05, 0.1) is 5.56 Å². The van der Waals surface area contributed by atoms with Crippen LogP contribution in [0.15, 0.2) is 33.4 Å². The van der Waals surface area contributed by atoms with Crippen molar-refractivity contribution in [2.75, 3.05) is 0 Å². The lowest BCUT2D eigenvalue weighted by atomic mass is 10.0. The van der Waals surface area contributed by atoms with Gasteiger partial charge in [-0.3, -0.25) is 0 Å². The highest BCUT2D eigenvalue weighted by atomic mass is 79.9. The summed E-state index contributed by atoms with van der Waals surface area (Å²) in [5.74, 6) is -0.890. The van der Waals surface area contributed by atoms with Crippen molar-refractivity contribution in [1.29, 1.82) is 0 Å². The number of rotatable bonds is 2. The third-order valence-electron chi connectivity index (χ3n) is 2.38. The monoisotopic (exact) mass is 296 g/mol. The summed E-state index contributed by atoms with van der Waals surface area (Å²) in [7, 11) is 0. The summed E-state index contributed by atoms with van der Waals surface area (Å²) in [5, 5.41) is 12.9. The number of aromatic carboxylic acids is 1. The number of halogens is 1. The number of hydrogen-bond acceptors (Lipinski definition) is 2. The van der Waals surface area contributed by atoms with Crippen molar-refractivity contribution in [2.45, 2.75) is 6.92 Å². The molecule has 82 valence electrons. The molecule has 2 nitrogen and oxygen atoms in total. The van der Waals surface area contributed by atoms with Gasteiger partial charge in [0.15, 0.2) is 0 Å². The lowest BCUT2D eigenvalue weighted by molar-refractivity contribution is 0.0697. The lowest BCUT2D eigenvalue weighted by Gasteiger charge is -2.05. The second kappa shape index (κ2) is 4.39. The Hall–Kier alpha value is -1.13. The predicted octanol–water partition coefficient (Wildman–Crippen LogP) is 4.18. The Kier molecular flexibility index (Phi) is 3.12. The fourth-order valence-corrected chi connectivity index (χ4v) is 3.08. The zero-order chi connectivity index (χ0) is 11.7. The molecule has 0 unspecified atom stereocenters. The van der Waals surface area contributed by atoms with E-state index in [1.807, 2.05) is 23.8 Å². The van der Waals surface area contributed by atoms with E-state index >= 15 is 0 Å². The average Bonchev–Trinajstić information content (AvgIpc) is 2.64. The van der Waals surface area contributed by atoms with Gasteiger partial charge in [0.25, 0.3) is 0 Å². The molecule has 1 N–H and O–H groups in total. The minimum atomic E-state index is -0.890. The minimum Gasteiger partial charge on any atom is -0.478 e. The number of carbonyl (C=O) groups is 1. The molecule has 16 heavy (non-hydrogen) atoms. The van der Waals surface area contributed by atoms with Crippen molar-refractivity contribution in [1.82, 2.24) is 0 Å². The van der Waals surface area contributed by atoms with Crippen LogP contribution in [0.3, 0.4) is 0 Å². The van der Waals surface area contributed by atoms with Gasteiger partial charge in [-0.1, -0.05) is 6.07 Å². The molecule has 2 rings (SSSR count). The minimum absolute atomic E-state index is 0.326. The van der Waals surface area contributed by atoms with Crippen molar-refractivity contribution >= 4 is 33.2 Å². The Balaban J connectivity index is 2.52. The van der Waals surface area contributed by atoms with E-state index < -0.39 is 5.97 Å². The first-order valence-electron chi connectivity index (χ1n) is 4.65. The topological polar surface area (TPSA) is 37.3 Å². The zero-order valence-electron chi connectivity index (χ0n) is 8.53. The molecule has 2 aromatic rings. The van der Waals surface area contributed by atoms with Crippen LogP contribution in [0.5, 0.6) is 0 Å². The standard InChI is InChI=1S/C12H9BrO2S/c1-7-4-8(12(14)15)2-3-9(7)10-5-16-6-11(10)13/h2-6H,1H3,(H,14,15). The van der Waals surface area contributed by atoms with Crippen molar-refractivity contribution in [3.8, 4) is 11.1 Å². The number of carboxylic acid groups (broad SMARTS) is 1. The van der Waals surface area contributed by atoms with Crippen LogP contribution in [0.2, 0.25) is 0 Å². The molecule has 0 amide bonds. The van der Waals surface area contributed by atoms with Gasteiger partial charge in [0, 0.05) is 15.4 Å². The van der Waals surface area contributed by atoms with Gasteiger partial charge in [-0.15, -0.1) is 0 Å². The number of benzene rings is 1. The van der Waals surface area contributed by atoms with Crippen LogP contribution in [0.4, 0.5) is 0 Å². The average molecular weight is 297 g/mol. The molecule has 0 fully saturated rings. The van der Waals surface area contributed by atoms with Crippen LogP contribution < -0.4 is 0 Å². The van der Waals surface area contributed by atoms with E-state index in [4.69, 9.17) is 5.11 Å². The van der Waals surface area contributed by atoms with Gasteiger partial charge < -0.3 is 5.11 Å². The molecule has 1 aromatic carbocycles. The SMILES string of the molecule is Cc1cc(C(=O)O)ccc1-c1cscc1Br. The first-order chi connectivity index (χ1) is 7.59. The first-order valence-corrected chi connectivity index (χ1v) is 6.39. The molecule has 0 saturated heterocycles. The molecule has 0 bridgehead atoms. The van der Waals surface area contributed by atoms with E-state index in [0.717, 1.165) is 21.2 Å². The fraction of sp³-hybridized carbons (Fsp3) is 0.0833. The maximum Gasteiger partial charge on any atom is 0.335 e. The van der Waals surface area contributed by atoms with E-state index in [-0.39, 0.29) is 0 Å². The van der Waals surface area contributed by atoms with Gasteiger partial charge >= 0.3 is 5.97 Å². The molecule has 0 aliphatic rings. The van der Waals surface area contributed by atoms with Crippen LogP contribution in [-0.4, -0.2) is 11.1 Å². The predicted molar refractivity (Wildman–Crippen MR) is 69.2 cm³/mol. The summed E-state index contributed by atoms with van der Waals surface area (Å²) in [6.07, 6.45) is 0. The second-order valence-corrected chi connectivity index (χ2v) is 5.07. The van der Waals surface area contributed by atoms with E-state index in [2.05, 4.69) is 15.9 Å². The number of thiophene rings is 1. The zero-order valence-corrected chi connectivity index (χ0v) is 10.9. The Bertz CT molecular complexity index is 546. The smallest absolute Gasteiger partial charge is 0.335 e. The normalized spacial score (nSPS) is 10.4. The first kappa shape index (κ1) is 11.4. The van der Waals surface area contributed by atoms with Gasteiger partial charge in [0.1, 0.15) is 0 Å². The highest BCUT2D eigenvalue weighted by molar-refractivity contribution is 9.10. The van der Waals surface area contributed by atoms with Crippen LogP contribution in [0, 0.1) is 6.92 Å². The molecular formula is C12H9BrO2S. The summed E-state index contributed by atoms with van der Waals surface area (Å²) in [5.41, 5.74) is 3.48. The van der Waals surface area contributed by atoms with Crippen LogP contribution in [-0.2, 0) is 0 Å². The quantitative estimate of drug-likeness (QED) is 0.902. The fourth-order valence-electron chi connectivity index (χ4n) is 1.57. The molecule has 0 aliphatic carbocycles. The van der Waals surface area contributed by atoms with Gasteiger partial charge in [-0.2, -0.15) is 11.3 Å². The summed E-state index contributed by atoms with van der Waals surface area (Å²) >= 11 is 5.10. The maximum atomic E-state index is 10.8. The third kappa shape index (κ3) is 2.03. The molecule has 4 heteroatoms. The molecule has 1 heterocycles. The summed E-state index contributed by atoms with van der Waals surface area (Å²) < 4.78 is 1.05. The Morgan fingerprint density at radius 3 is 2.56 bits per heavy atom. The third-order valence-corrected chi connectivity index (χ3v) is 4.08. The summed E-state index contributed by atoms with van der Waals surface area (Å²) in [4.78, 5) is 10.8. The summed E-state index contributed by atoms with van der Waals surface area (Å²) in [6, 6.07) is 5.18. The van der Waals surface area contributed by atoms with Gasteiger partial charge in [0.2, 0.25) is 0 Å². The largest absolute Gasteiger partial charge is 0.478 e. The van der Waals surface area contributed by atoms with Crippen LogP contribution >= 0.6 is 27.3 Å². The number of aryl methyl sites for hydroxylation is 1. The molecular weight excluding hydrogens is 288 g/mol. The van der Waals surface area contributed by atoms with Crippen molar-refractivity contribution < 1.29 is 9.90 Å². The van der Waals surface area contributed by atoms with Gasteiger partial charge in [-0.05, 0) is 51.5 Å². The van der Waals surface area contributed by atoms with Crippen LogP contribution in [0.25, 0.3) is 11.1 Å². The molecule has 1 aromatic heterocycles. The maximum absolute atomic E-state index is 10.8. The number of hydrogen-bond donors (Lipinski definition) is 1. The Morgan fingerprint density at radius 1 is 1.31 bits per heavy atom. The number of carboxylic acids is 1. The molecule has 0 saturated carbocycles. The second-order valence-electron chi connectivity index (χ2n) is 3.47. The van der Waals surface area contributed by atoms with Crippen molar-refractivity contribution in [3.05, 3.63) is 44.6 Å². The molecule has 0 atom stereocenters. The van der Waals surface area contributed by atoms with E-state index in [1.165, 1.54) is 0 Å². The lowest BCUT2D eigenvalue weighted by Crippen LogP contribution is -1.97. The van der Waals surface area contributed by atoms with E-state index in [0.29, 0.717) is 5.56 Å². The highest BCUT2D eigenvalue weighted by Gasteiger charge is 2.09. The van der Waals surface area contributed by atoms with E-state index in [9.17, 15) is 4.79 Å². The molecule has 0 aliphatic heterocycles. The van der Waals surface area contributed by atoms with E-state index in [1.54, 1.807) is 23.5 Å². The summed E-state index contributed by atoms with van der Waals surface area (Å²) in [6.45, 7) is 1.92. The highest BCUT2D eigenvalue weighted by Crippen LogP contribution is 2.33. The van der Waals surface area contributed by atoms with Crippen LogP contribution in [0.1, 0.15) is 15.9 Å². The van der Waals surface area contributed by atoms with Crippen molar-refractivity contribution in [2.24, 2.45) is 0 Å². The van der Waals surface area contributed by atoms with Crippen molar-refractivity contribution in [3.63, 3.8) is 0 Å². The molecule has 0 spiro atoms. The Labute approximate surface area is 106 Å². The molecule has 0 radical (unpaired) electrons.